The zero-order valence-electron chi connectivity index (χ0n) is 16.9. The van der Waals surface area contributed by atoms with Crippen LogP contribution in [-0.2, 0) is 20.7 Å². The number of benzene rings is 2. The van der Waals surface area contributed by atoms with Crippen molar-refractivity contribution in [1.82, 2.24) is 0 Å². The number of ether oxygens (including phenoxy) is 2. The van der Waals surface area contributed by atoms with Gasteiger partial charge >= 0.3 is 0 Å². The summed E-state index contributed by atoms with van der Waals surface area (Å²) in [6, 6.07) is 9.91. The van der Waals surface area contributed by atoms with Gasteiger partial charge in [-0.25, -0.2) is 4.39 Å². The monoisotopic (exact) mass is 474 g/mol. The van der Waals surface area contributed by atoms with Crippen LogP contribution >= 0.6 is 15.9 Å². The fourth-order valence-electron chi connectivity index (χ4n) is 4.60. The Hall–Kier alpha value is -2.05. The van der Waals surface area contributed by atoms with Crippen molar-refractivity contribution >= 4 is 27.5 Å². The van der Waals surface area contributed by atoms with Crippen molar-refractivity contribution in [1.29, 1.82) is 0 Å². The summed E-state index contributed by atoms with van der Waals surface area (Å²) in [6.45, 7) is 3.20. The van der Waals surface area contributed by atoms with Gasteiger partial charge in [0.2, 0.25) is 0 Å². The van der Waals surface area contributed by atoms with Gasteiger partial charge < -0.3 is 9.47 Å². The van der Waals surface area contributed by atoms with Gasteiger partial charge in [0.05, 0.1) is 0 Å². The Labute approximate surface area is 183 Å². The normalized spacial score (nSPS) is 19.3. The second kappa shape index (κ2) is 8.60. The molecule has 2 aromatic carbocycles. The van der Waals surface area contributed by atoms with Gasteiger partial charge in [-0.2, -0.15) is 0 Å². The summed E-state index contributed by atoms with van der Waals surface area (Å²) >= 11 is 3.23. The van der Waals surface area contributed by atoms with E-state index in [0.717, 1.165) is 18.4 Å². The van der Waals surface area contributed by atoms with E-state index >= 15 is 0 Å². The number of hydrogen-bond donors (Lipinski definition) is 0. The largest absolute Gasteiger partial charge is 0.454 e. The van der Waals surface area contributed by atoms with Crippen molar-refractivity contribution in [3.8, 4) is 11.5 Å². The summed E-state index contributed by atoms with van der Waals surface area (Å²) in [6.07, 6.45) is 3.01. The van der Waals surface area contributed by atoms with Crippen molar-refractivity contribution in [2.45, 2.75) is 44.9 Å². The van der Waals surface area contributed by atoms with Crippen LogP contribution in [0.5, 0.6) is 11.5 Å². The maximum Gasteiger partial charge on any atom is 0.166 e. The molecule has 1 aliphatic carbocycles. The minimum Gasteiger partial charge on any atom is -0.454 e. The van der Waals surface area contributed by atoms with E-state index in [4.69, 9.17) is 9.47 Å². The first-order valence-electron chi connectivity index (χ1n) is 10.3. The van der Waals surface area contributed by atoms with Crippen LogP contribution in [0, 0.1) is 11.2 Å². The lowest BCUT2D eigenvalue weighted by Gasteiger charge is -2.41. The lowest BCUT2D eigenvalue weighted by molar-refractivity contribution is -0.139. The molecule has 158 valence electrons. The van der Waals surface area contributed by atoms with E-state index in [2.05, 4.69) is 15.9 Å². The fraction of sp³-hybridized carbons (Fsp3) is 0.417. The Morgan fingerprint density at radius 2 is 1.80 bits per heavy atom. The summed E-state index contributed by atoms with van der Waals surface area (Å²) in [7, 11) is 0. The van der Waals surface area contributed by atoms with Crippen molar-refractivity contribution in [3.63, 3.8) is 0 Å². The molecule has 0 amide bonds. The minimum atomic E-state index is -0.772. The molecule has 30 heavy (non-hydrogen) atoms. The molecule has 6 heteroatoms. The number of Topliss-reactive ketones (excluding diaryl/α,β-unsaturated/α-hetero) is 2. The van der Waals surface area contributed by atoms with Crippen LogP contribution in [-0.4, -0.2) is 24.8 Å². The highest BCUT2D eigenvalue weighted by molar-refractivity contribution is 9.10. The second-order valence-electron chi connectivity index (χ2n) is 8.22. The standard InChI is InChI=1S/C24H24BrFO4/c1-2-15-3-5-17(30-22-6-4-16(25)11-19(22)26)12-18(15)23-20(27)13-24(14-21(23)28)7-9-29-10-8-24/h3-6,11-12,23H,2,7-10,13-14H2,1H3. The summed E-state index contributed by atoms with van der Waals surface area (Å²) < 4.78 is 26.0. The van der Waals surface area contributed by atoms with Crippen LogP contribution in [0.4, 0.5) is 4.39 Å². The van der Waals surface area contributed by atoms with E-state index in [1.807, 2.05) is 13.0 Å². The van der Waals surface area contributed by atoms with E-state index in [1.54, 1.807) is 24.3 Å². The zero-order valence-corrected chi connectivity index (χ0v) is 18.5. The molecular weight excluding hydrogens is 451 g/mol. The smallest absolute Gasteiger partial charge is 0.166 e. The molecule has 1 saturated carbocycles. The fourth-order valence-corrected chi connectivity index (χ4v) is 4.94. The van der Waals surface area contributed by atoms with E-state index < -0.39 is 11.7 Å². The van der Waals surface area contributed by atoms with Gasteiger partial charge in [0.25, 0.3) is 0 Å². The molecule has 0 radical (unpaired) electrons. The molecule has 0 bridgehead atoms. The highest BCUT2D eigenvalue weighted by atomic mass is 79.9. The molecule has 4 nitrogen and oxygen atoms in total. The number of hydrogen-bond acceptors (Lipinski definition) is 4. The molecule has 0 atom stereocenters. The number of carbonyl (C=O) groups is 2. The molecule has 1 aliphatic heterocycles. The van der Waals surface area contributed by atoms with Gasteiger partial charge in [-0.05, 0) is 66.1 Å². The van der Waals surface area contributed by atoms with E-state index in [9.17, 15) is 14.0 Å². The number of rotatable bonds is 4. The Balaban J connectivity index is 1.63. The Morgan fingerprint density at radius 3 is 2.43 bits per heavy atom. The van der Waals surface area contributed by atoms with Gasteiger partial charge in [0.1, 0.15) is 23.2 Å². The van der Waals surface area contributed by atoms with Crippen molar-refractivity contribution < 1.29 is 23.5 Å². The first kappa shape index (κ1) is 21.2. The Kier molecular flexibility index (Phi) is 6.07. The van der Waals surface area contributed by atoms with Crippen LogP contribution in [0.15, 0.2) is 40.9 Å². The lowest BCUT2D eigenvalue weighted by atomic mass is 9.63. The predicted molar refractivity (Wildman–Crippen MR) is 114 cm³/mol. The van der Waals surface area contributed by atoms with E-state index in [1.165, 1.54) is 6.07 Å². The molecular formula is C24H24BrFO4. The lowest BCUT2D eigenvalue weighted by Crippen LogP contribution is -2.42. The highest BCUT2D eigenvalue weighted by Crippen LogP contribution is 2.46. The highest BCUT2D eigenvalue weighted by Gasteiger charge is 2.46. The molecule has 2 aliphatic rings. The molecule has 1 spiro atoms. The van der Waals surface area contributed by atoms with E-state index in [0.29, 0.717) is 48.3 Å². The van der Waals surface area contributed by atoms with Crippen LogP contribution < -0.4 is 4.74 Å². The first-order chi connectivity index (χ1) is 14.4. The molecule has 1 heterocycles. The van der Waals surface area contributed by atoms with Crippen molar-refractivity contribution in [3.05, 3.63) is 57.8 Å². The SMILES string of the molecule is CCc1ccc(Oc2ccc(Br)cc2F)cc1C1C(=O)CC2(CCOCC2)CC1=O. The average Bonchev–Trinajstić information content (AvgIpc) is 2.70. The molecule has 1 saturated heterocycles. The number of ketones is 2. The predicted octanol–water partition coefficient (Wildman–Crippen LogP) is 5.76. The first-order valence-corrected chi connectivity index (χ1v) is 11.1. The van der Waals surface area contributed by atoms with Gasteiger partial charge in [-0.1, -0.05) is 28.9 Å². The molecule has 2 fully saturated rings. The van der Waals surface area contributed by atoms with Crippen LogP contribution in [0.1, 0.15) is 49.7 Å². The quantitative estimate of drug-likeness (QED) is 0.528. The third kappa shape index (κ3) is 4.21. The van der Waals surface area contributed by atoms with Crippen LogP contribution in [0.25, 0.3) is 0 Å². The number of aryl methyl sites for hydroxylation is 1. The maximum absolute atomic E-state index is 14.2. The summed E-state index contributed by atoms with van der Waals surface area (Å²) in [5.41, 5.74) is 1.38. The summed E-state index contributed by atoms with van der Waals surface area (Å²) in [5, 5.41) is 0. The Bertz CT molecular complexity index is 961. The average molecular weight is 475 g/mol. The Morgan fingerprint density at radius 1 is 1.10 bits per heavy atom. The van der Waals surface area contributed by atoms with Crippen LogP contribution in [0.3, 0.4) is 0 Å². The van der Waals surface area contributed by atoms with Gasteiger partial charge in [-0.15, -0.1) is 0 Å². The summed E-state index contributed by atoms with van der Waals surface area (Å²) in [4.78, 5) is 26.3. The molecule has 0 aromatic heterocycles. The van der Waals surface area contributed by atoms with Gasteiger partial charge in [0, 0.05) is 30.5 Å². The zero-order chi connectivity index (χ0) is 21.3. The molecule has 2 aromatic rings. The number of carbonyl (C=O) groups excluding carboxylic acids is 2. The third-order valence-electron chi connectivity index (χ3n) is 6.23. The van der Waals surface area contributed by atoms with Gasteiger partial charge in [0.15, 0.2) is 11.6 Å². The van der Waals surface area contributed by atoms with E-state index in [-0.39, 0.29) is 22.7 Å². The van der Waals surface area contributed by atoms with Gasteiger partial charge in [-0.3, -0.25) is 9.59 Å². The molecule has 0 N–H and O–H groups in total. The molecule has 0 unspecified atom stereocenters. The van der Waals surface area contributed by atoms with Crippen molar-refractivity contribution in [2.24, 2.45) is 5.41 Å². The maximum atomic E-state index is 14.2. The van der Waals surface area contributed by atoms with Crippen molar-refractivity contribution in [2.75, 3.05) is 13.2 Å². The second-order valence-corrected chi connectivity index (χ2v) is 9.14. The molecule has 4 rings (SSSR count). The summed E-state index contributed by atoms with van der Waals surface area (Å²) in [5.74, 6) is -0.820. The topological polar surface area (TPSA) is 52.6 Å². The van der Waals surface area contributed by atoms with Crippen LogP contribution in [0.2, 0.25) is 0 Å². The third-order valence-corrected chi connectivity index (χ3v) is 6.72. The minimum absolute atomic E-state index is 0.0326. The number of halogens is 2.